The number of amides is 4. The van der Waals surface area contributed by atoms with Crippen molar-refractivity contribution in [3.63, 3.8) is 0 Å². The number of carbonyl (C=O) groups excluding carboxylic acids is 3. The topological polar surface area (TPSA) is 188 Å². The molecule has 5 aromatic rings. The van der Waals surface area contributed by atoms with Crippen LogP contribution in [0, 0.1) is 10.8 Å². The third-order valence-electron chi connectivity index (χ3n) is 14.6. The van der Waals surface area contributed by atoms with Gasteiger partial charge in [0, 0.05) is 89.0 Å². The van der Waals surface area contributed by atoms with Crippen LogP contribution in [0.1, 0.15) is 125 Å². The number of aliphatic imine (C=N–C) groups is 1. The molecular weight excluding hydrogens is 905 g/mol. The number of benzene rings is 5. The highest BCUT2D eigenvalue weighted by Gasteiger charge is 2.36. The lowest BCUT2D eigenvalue weighted by Gasteiger charge is -2.35. The number of hydrogen-bond donors (Lipinski definition) is 6. The van der Waals surface area contributed by atoms with Crippen molar-refractivity contribution in [2.24, 2.45) is 10.4 Å². The number of aromatic carboxylic acids is 1. The van der Waals surface area contributed by atoms with Crippen molar-refractivity contribution in [3.05, 3.63) is 146 Å². The first-order valence-electron chi connectivity index (χ1n) is 25.5. The van der Waals surface area contributed by atoms with Crippen LogP contribution in [-0.2, 0) is 37.0 Å². The highest BCUT2D eigenvalue weighted by molar-refractivity contribution is 6.12. The van der Waals surface area contributed by atoms with Crippen LogP contribution < -0.4 is 46.1 Å². The van der Waals surface area contributed by atoms with Crippen LogP contribution in [0.4, 0.5) is 21.9 Å². The number of para-hydroxylation sites is 1. The maximum Gasteiger partial charge on any atom is 0.336 e. The number of ether oxygens (including phenoxy) is 1. The van der Waals surface area contributed by atoms with E-state index in [1.54, 1.807) is 36.4 Å². The predicted molar refractivity (Wildman–Crippen MR) is 281 cm³/mol. The van der Waals surface area contributed by atoms with Crippen LogP contribution in [-0.4, -0.2) is 73.2 Å². The van der Waals surface area contributed by atoms with Crippen molar-refractivity contribution in [3.8, 4) is 11.5 Å². The summed E-state index contributed by atoms with van der Waals surface area (Å²) in [6.07, 6.45) is 10.0. The number of anilines is 2. The van der Waals surface area contributed by atoms with E-state index in [4.69, 9.17) is 15.1 Å². The van der Waals surface area contributed by atoms with Gasteiger partial charge in [-0.25, -0.2) is 19.2 Å². The van der Waals surface area contributed by atoms with E-state index >= 15 is 0 Å². The first-order chi connectivity index (χ1) is 34.8. The minimum Gasteiger partial charge on any atom is -0.478 e. The molecule has 6 N–H and O–H groups in total. The predicted octanol–water partition coefficient (Wildman–Crippen LogP) is 7.95. The second-order valence-corrected chi connectivity index (χ2v) is 20.7. The minimum absolute atomic E-state index is 0.0888. The third-order valence-corrected chi connectivity index (χ3v) is 14.6. The fourth-order valence-corrected chi connectivity index (χ4v) is 11.0. The van der Waals surface area contributed by atoms with E-state index in [9.17, 15) is 24.3 Å². The summed E-state index contributed by atoms with van der Waals surface area (Å²) in [6, 6.07) is 25.0. The maximum atomic E-state index is 14.1. The highest BCUT2D eigenvalue weighted by Crippen LogP contribution is 2.48. The molecule has 4 amide bonds. The zero-order valence-corrected chi connectivity index (χ0v) is 41.4. The lowest BCUT2D eigenvalue weighted by atomic mass is 9.82. The lowest BCUT2D eigenvalue weighted by Crippen LogP contribution is -2.41. The van der Waals surface area contributed by atoms with Gasteiger partial charge >= 0.3 is 12.0 Å². The Kier molecular flexibility index (Phi) is 13.5. The number of carboxylic acids is 1. The lowest BCUT2D eigenvalue weighted by molar-refractivity contribution is -0.120. The molecule has 14 nitrogen and oxygen atoms in total. The molecule has 14 heteroatoms. The first kappa shape index (κ1) is 48.0. The highest BCUT2D eigenvalue weighted by atomic mass is 16.5. The number of aryl methyl sites for hydroxylation is 2. The molecule has 0 bridgehead atoms. The normalized spacial score (nSPS) is 15.8. The van der Waals surface area contributed by atoms with Crippen molar-refractivity contribution >= 4 is 58.0 Å². The Labute approximate surface area is 419 Å². The molecule has 0 saturated carbocycles. The van der Waals surface area contributed by atoms with Gasteiger partial charge in [0.25, 0.3) is 5.91 Å². The van der Waals surface area contributed by atoms with Gasteiger partial charge in [0.15, 0.2) is 0 Å². The molecule has 370 valence electrons. The number of nitrogens with one attached hydrogen (secondary N) is 5. The number of carbonyl (C=O) groups is 4. The molecule has 0 saturated heterocycles. The summed E-state index contributed by atoms with van der Waals surface area (Å²) in [7, 11) is 0. The monoisotopic (exact) mass is 967 g/mol. The third kappa shape index (κ3) is 9.99. The Balaban J connectivity index is 0.923. The molecular formula is C58H63N8O6+. The van der Waals surface area contributed by atoms with Crippen LogP contribution in [0.5, 0.6) is 11.5 Å². The summed E-state index contributed by atoms with van der Waals surface area (Å²) in [5, 5.41) is 33.0. The number of fused-ring (bicyclic) bond motifs is 4. The smallest absolute Gasteiger partial charge is 0.336 e. The summed E-state index contributed by atoms with van der Waals surface area (Å²) in [6.45, 7) is 9.63. The molecule has 0 atom stereocenters. The Morgan fingerprint density at radius 3 is 2.38 bits per heavy atom. The number of urea groups is 1. The first-order valence-corrected chi connectivity index (χ1v) is 25.5. The summed E-state index contributed by atoms with van der Waals surface area (Å²) < 4.78 is 9.77. The number of amidine groups is 1. The second kappa shape index (κ2) is 20.2. The standard InChI is InChI=1S/C58H62N8O6/c1-58(2,3)47(59)32-48(64-57(71)63-39-17-5-4-6-18-39)62-40-19-11-14-35(28-40)33-60-49(67)34-61-55(68)38-22-23-41(56(69)70)44(31-38)50-45-29-36-15-7-9-24-65-26-12-20-42(51(36)65)53(45)72-54-43-21-13-27-66-25-10-8-16-37(52(43)66)30-46(50)54/h4-6,11,14,17-19,22-23,28-31,59H,7-10,12-13,15-16,20-21,24-27,32-34H2,1-3H3,(H4-,60,61,62,63,64,67,68,69,70,71)/p+1. The van der Waals surface area contributed by atoms with E-state index in [0.29, 0.717) is 28.5 Å². The molecule has 0 radical (unpaired) electrons. The van der Waals surface area contributed by atoms with Gasteiger partial charge in [0.05, 0.1) is 23.4 Å². The van der Waals surface area contributed by atoms with Crippen molar-refractivity contribution in [1.29, 1.82) is 5.41 Å². The van der Waals surface area contributed by atoms with Gasteiger partial charge in [-0.2, -0.15) is 0 Å². The molecule has 5 aliphatic heterocycles. The Morgan fingerprint density at radius 2 is 1.56 bits per heavy atom. The molecule has 72 heavy (non-hydrogen) atoms. The summed E-state index contributed by atoms with van der Waals surface area (Å²) >= 11 is 0. The summed E-state index contributed by atoms with van der Waals surface area (Å²) in [5.41, 5.74) is 10.4. The molecule has 0 fully saturated rings. The van der Waals surface area contributed by atoms with Crippen LogP contribution in [0.2, 0.25) is 0 Å². The zero-order chi connectivity index (χ0) is 50.1. The molecule has 0 aliphatic carbocycles. The summed E-state index contributed by atoms with van der Waals surface area (Å²) in [5.74, 6) is -0.134. The van der Waals surface area contributed by atoms with Crippen LogP contribution in [0.3, 0.4) is 0 Å². The summed E-state index contributed by atoms with van der Waals surface area (Å²) in [4.78, 5) is 61.0. The van der Waals surface area contributed by atoms with E-state index < -0.39 is 29.2 Å². The van der Waals surface area contributed by atoms with Crippen LogP contribution >= 0.6 is 0 Å². The maximum absolute atomic E-state index is 14.1. The van der Waals surface area contributed by atoms with Crippen molar-refractivity contribution in [2.45, 2.75) is 97.9 Å². The minimum atomic E-state index is -1.09. The molecule has 10 rings (SSSR count). The molecule has 0 spiro atoms. The van der Waals surface area contributed by atoms with Gasteiger partial charge in [-0.3, -0.25) is 14.9 Å². The number of hydrogen-bond acceptors (Lipinski definition) is 8. The van der Waals surface area contributed by atoms with Gasteiger partial charge in [-0.05, 0) is 128 Å². The van der Waals surface area contributed by atoms with Gasteiger partial charge in [0.1, 0.15) is 30.4 Å². The van der Waals surface area contributed by atoms with Crippen LogP contribution in [0.25, 0.3) is 5.57 Å². The van der Waals surface area contributed by atoms with Gasteiger partial charge in [-0.15, -0.1) is 0 Å². The molecule has 5 heterocycles. The van der Waals surface area contributed by atoms with E-state index in [1.165, 1.54) is 45.4 Å². The molecule has 0 unspecified atom stereocenters. The molecule has 5 aromatic carbocycles. The Morgan fingerprint density at radius 1 is 0.778 bits per heavy atom. The van der Waals surface area contributed by atoms with Gasteiger partial charge in [-0.1, -0.05) is 51.1 Å². The van der Waals surface area contributed by atoms with Crippen LogP contribution in [0.15, 0.2) is 89.9 Å². The second-order valence-electron chi connectivity index (χ2n) is 20.7. The van der Waals surface area contributed by atoms with Crippen molar-refractivity contribution < 1.29 is 29.0 Å². The average Bonchev–Trinajstić information content (AvgIpc) is 3.71. The Hall–Kier alpha value is -7.61. The van der Waals surface area contributed by atoms with E-state index in [2.05, 4.69) is 42.9 Å². The largest absolute Gasteiger partial charge is 0.478 e. The SMILES string of the molecule is CC(C)(C)C(=N)CC(=Nc1cccc(CNC(=O)CNC(=O)c2ccc(C(=O)O)c(C3=c4cc5c6c(c4Oc4c3cc3c7c4CCCN7CCCC3)CCC[N+]=6CCCC5)c2)c1)NC(=O)Nc1ccccc1. The fraction of sp³-hybridized carbons (Fsp3) is 0.362. The average molecular weight is 968 g/mol. The number of nitrogens with zero attached hydrogens (tertiary/aromatic N) is 3. The van der Waals surface area contributed by atoms with Gasteiger partial charge < -0.3 is 36.1 Å². The molecule has 0 aromatic heterocycles. The molecule has 5 aliphatic rings. The van der Waals surface area contributed by atoms with Gasteiger partial charge in [0.2, 0.25) is 11.3 Å². The van der Waals surface area contributed by atoms with E-state index in [0.717, 1.165) is 124 Å². The number of carboxylic acid groups (broad SMARTS) is 1. The quantitative estimate of drug-likeness (QED) is 0.0432. The van der Waals surface area contributed by atoms with Crippen molar-refractivity contribution in [2.75, 3.05) is 42.9 Å². The number of rotatable bonds is 11. The van der Waals surface area contributed by atoms with E-state index in [1.807, 2.05) is 45.0 Å². The zero-order valence-electron chi connectivity index (χ0n) is 41.4. The fourth-order valence-electron chi connectivity index (χ4n) is 11.0. The Bertz CT molecular complexity index is 3210. The van der Waals surface area contributed by atoms with Crippen molar-refractivity contribution in [1.82, 2.24) is 20.5 Å². The van der Waals surface area contributed by atoms with E-state index in [-0.39, 0.29) is 30.6 Å².